The Balaban J connectivity index is 2.32. The van der Waals surface area contributed by atoms with Crippen LogP contribution in [0.1, 0.15) is 5.69 Å². The molecule has 2 aromatic rings. The summed E-state index contributed by atoms with van der Waals surface area (Å²) >= 11 is 0. The second-order valence-corrected chi connectivity index (χ2v) is 3.12. The maximum Gasteiger partial charge on any atom is 0.320 e. The van der Waals surface area contributed by atoms with E-state index in [1.165, 1.54) is 11.6 Å². The number of fused-ring (bicyclic) bond motifs is 1. The first-order valence-electron chi connectivity index (χ1n) is 4.68. The number of aliphatic hydroxyl groups excluding tert-OH is 1. The van der Waals surface area contributed by atoms with E-state index in [2.05, 4.69) is 20.7 Å². The van der Waals surface area contributed by atoms with E-state index >= 15 is 0 Å². The third-order valence-electron chi connectivity index (χ3n) is 2.01. The van der Waals surface area contributed by atoms with Crippen molar-refractivity contribution < 1.29 is 9.90 Å². The topological polar surface area (TPSA) is 91.6 Å². The molecule has 7 heteroatoms. The molecule has 0 radical (unpaired) electrons. The van der Waals surface area contributed by atoms with Gasteiger partial charge in [-0.05, 0) is 12.1 Å². The number of aliphatic hydroxyl groups is 1. The number of carbonyl (C=O) groups excluding carboxylic acids is 1. The molecule has 2 amide bonds. The Hall–Kier alpha value is -2.15. The fourth-order valence-corrected chi connectivity index (χ4v) is 1.25. The van der Waals surface area contributed by atoms with Crippen molar-refractivity contribution >= 4 is 17.5 Å². The lowest BCUT2D eigenvalue weighted by Gasteiger charge is -1.97. The van der Waals surface area contributed by atoms with Gasteiger partial charge in [0.2, 0.25) is 0 Å². The van der Waals surface area contributed by atoms with Gasteiger partial charge in [-0.1, -0.05) is 0 Å². The van der Waals surface area contributed by atoms with Gasteiger partial charge < -0.3 is 10.4 Å². The quantitative estimate of drug-likeness (QED) is 0.664. The Morgan fingerprint density at radius 3 is 3.06 bits per heavy atom. The zero-order valence-corrected chi connectivity index (χ0v) is 8.64. The lowest BCUT2D eigenvalue weighted by Crippen LogP contribution is -2.24. The molecule has 0 aliphatic carbocycles. The van der Waals surface area contributed by atoms with Gasteiger partial charge in [0.1, 0.15) is 0 Å². The number of aromatic nitrogens is 3. The van der Waals surface area contributed by atoms with E-state index in [1.54, 1.807) is 18.3 Å². The number of nitrogens with one attached hydrogen (secondary N) is 2. The minimum atomic E-state index is -0.342. The van der Waals surface area contributed by atoms with Gasteiger partial charge in [0.25, 0.3) is 0 Å². The molecule has 0 atom stereocenters. The van der Waals surface area contributed by atoms with Crippen molar-refractivity contribution in [3.8, 4) is 0 Å². The van der Waals surface area contributed by atoms with Gasteiger partial charge in [-0.25, -0.2) is 14.3 Å². The number of amides is 2. The van der Waals surface area contributed by atoms with Gasteiger partial charge in [0.05, 0.1) is 18.5 Å². The Morgan fingerprint density at radius 2 is 2.38 bits per heavy atom. The number of carbonyl (C=O) groups is 1. The van der Waals surface area contributed by atoms with E-state index in [0.29, 0.717) is 17.2 Å². The van der Waals surface area contributed by atoms with E-state index < -0.39 is 0 Å². The Morgan fingerprint density at radius 1 is 1.56 bits per heavy atom. The molecule has 0 aliphatic heterocycles. The van der Waals surface area contributed by atoms with Gasteiger partial charge in [-0.2, -0.15) is 5.10 Å². The number of hydrogen-bond donors (Lipinski definition) is 3. The summed E-state index contributed by atoms with van der Waals surface area (Å²) in [4.78, 5) is 15.2. The summed E-state index contributed by atoms with van der Waals surface area (Å²) in [6.45, 7) is -0.133. The second-order valence-electron chi connectivity index (χ2n) is 3.12. The minimum Gasteiger partial charge on any atom is -0.390 e. The summed E-state index contributed by atoms with van der Waals surface area (Å²) < 4.78 is 1.50. The van der Waals surface area contributed by atoms with Crippen LogP contribution >= 0.6 is 0 Å². The largest absolute Gasteiger partial charge is 0.390 e. The van der Waals surface area contributed by atoms with E-state index in [9.17, 15) is 4.79 Å². The van der Waals surface area contributed by atoms with E-state index in [1.807, 2.05) is 0 Å². The molecule has 0 saturated carbocycles. The van der Waals surface area contributed by atoms with Crippen molar-refractivity contribution in [2.45, 2.75) is 6.61 Å². The first-order chi connectivity index (χ1) is 7.72. The Labute approximate surface area is 91.1 Å². The van der Waals surface area contributed by atoms with Crippen LogP contribution in [-0.2, 0) is 6.61 Å². The fraction of sp³-hybridized carbons (Fsp3) is 0.222. The van der Waals surface area contributed by atoms with Gasteiger partial charge >= 0.3 is 6.03 Å². The van der Waals surface area contributed by atoms with E-state index in [0.717, 1.165) is 0 Å². The van der Waals surface area contributed by atoms with E-state index in [-0.39, 0.29) is 12.6 Å². The summed E-state index contributed by atoms with van der Waals surface area (Å²) in [7, 11) is 1.52. The smallest absolute Gasteiger partial charge is 0.320 e. The molecular weight excluding hydrogens is 210 g/mol. The second kappa shape index (κ2) is 4.15. The first kappa shape index (κ1) is 10.4. The molecule has 0 fully saturated rings. The number of hydrogen-bond acceptors (Lipinski definition) is 4. The number of anilines is 1. The predicted molar refractivity (Wildman–Crippen MR) is 57.0 cm³/mol. The lowest BCUT2D eigenvalue weighted by atomic mass is 10.4. The Kier molecular flexibility index (Phi) is 2.69. The highest BCUT2D eigenvalue weighted by Gasteiger charge is 2.05. The summed E-state index contributed by atoms with van der Waals surface area (Å²) in [6.07, 6.45) is 1.57. The maximum atomic E-state index is 11.0. The molecule has 3 N–H and O–H groups in total. The van der Waals surface area contributed by atoms with Crippen molar-refractivity contribution in [1.82, 2.24) is 19.9 Å². The van der Waals surface area contributed by atoms with Gasteiger partial charge in [0, 0.05) is 7.05 Å². The lowest BCUT2D eigenvalue weighted by molar-refractivity contribution is 0.254. The van der Waals surface area contributed by atoms with Crippen LogP contribution in [0, 0.1) is 0 Å². The summed E-state index contributed by atoms with van der Waals surface area (Å²) in [5.74, 6) is 0.405. The van der Waals surface area contributed by atoms with Crippen LogP contribution in [0.25, 0.3) is 5.65 Å². The molecular formula is C9H11N5O2. The standard InChI is InChI=1S/C9H11N5O2/c1-10-9(16)12-7-4-14-8(11-7)3-2-6(5-15)13-14/h2-4,15H,5H2,1H3,(H2,10,12,16). The monoisotopic (exact) mass is 221 g/mol. The average molecular weight is 221 g/mol. The molecule has 2 rings (SSSR count). The fourth-order valence-electron chi connectivity index (χ4n) is 1.25. The predicted octanol–water partition coefficient (Wildman–Crippen LogP) is -0.0271. The third-order valence-corrected chi connectivity index (χ3v) is 2.01. The van der Waals surface area contributed by atoms with Crippen molar-refractivity contribution in [3.05, 3.63) is 24.0 Å². The normalized spacial score (nSPS) is 10.4. The average Bonchev–Trinajstić information content (AvgIpc) is 2.69. The van der Waals surface area contributed by atoms with Crippen LogP contribution in [0.5, 0.6) is 0 Å². The molecule has 2 aromatic heterocycles. The highest BCUT2D eigenvalue weighted by Crippen LogP contribution is 2.08. The highest BCUT2D eigenvalue weighted by atomic mass is 16.3. The van der Waals surface area contributed by atoms with Crippen LogP contribution < -0.4 is 10.6 Å². The van der Waals surface area contributed by atoms with Crippen molar-refractivity contribution in [3.63, 3.8) is 0 Å². The van der Waals surface area contributed by atoms with Crippen molar-refractivity contribution in [2.24, 2.45) is 0 Å². The van der Waals surface area contributed by atoms with Crippen LogP contribution in [0.3, 0.4) is 0 Å². The molecule has 7 nitrogen and oxygen atoms in total. The molecule has 0 saturated heterocycles. The summed E-state index contributed by atoms with van der Waals surface area (Å²) in [6, 6.07) is 3.05. The number of nitrogens with zero attached hydrogens (tertiary/aromatic N) is 3. The highest BCUT2D eigenvalue weighted by molar-refractivity contribution is 5.88. The molecule has 0 aromatic carbocycles. The van der Waals surface area contributed by atoms with E-state index in [4.69, 9.17) is 5.11 Å². The van der Waals surface area contributed by atoms with Crippen LogP contribution in [0.15, 0.2) is 18.3 Å². The van der Waals surface area contributed by atoms with Gasteiger partial charge in [-0.3, -0.25) is 5.32 Å². The number of imidazole rings is 1. The van der Waals surface area contributed by atoms with Gasteiger partial charge in [-0.15, -0.1) is 0 Å². The molecule has 84 valence electrons. The minimum absolute atomic E-state index is 0.133. The zero-order valence-electron chi connectivity index (χ0n) is 8.64. The molecule has 0 aliphatic rings. The zero-order chi connectivity index (χ0) is 11.5. The van der Waals surface area contributed by atoms with Crippen LogP contribution in [0.2, 0.25) is 0 Å². The Bertz CT molecular complexity index is 522. The van der Waals surface area contributed by atoms with Gasteiger partial charge in [0.15, 0.2) is 11.5 Å². The van der Waals surface area contributed by atoms with Crippen LogP contribution in [0.4, 0.5) is 10.6 Å². The number of urea groups is 1. The molecule has 0 unspecified atom stereocenters. The summed E-state index contributed by atoms with van der Waals surface area (Å²) in [5, 5.41) is 17.9. The molecule has 2 heterocycles. The van der Waals surface area contributed by atoms with Crippen LogP contribution in [-0.4, -0.2) is 32.8 Å². The summed E-state index contributed by atoms with van der Waals surface area (Å²) in [5.41, 5.74) is 1.14. The molecule has 0 bridgehead atoms. The molecule has 0 spiro atoms. The first-order valence-corrected chi connectivity index (χ1v) is 4.68. The maximum absolute atomic E-state index is 11.0. The number of rotatable bonds is 2. The molecule has 16 heavy (non-hydrogen) atoms. The SMILES string of the molecule is CNC(=O)Nc1cn2nc(CO)ccc2n1. The third kappa shape index (κ3) is 1.94. The van der Waals surface area contributed by atoms with Crippen molar-refractivity contribution in [1.29, 1.82) is 0 Å². The van der Waals surface area contributed by atoms with Crippen molar-refractivity contribution in [2.75, 3.05) is 12.4 Å².